The van der Waals surface area contributed by atoms with E-state index in [1.807, 2.05) is 0 Å². The van der Waals surface area contributed by atoms with Crippen molar-refractivity contribution < 1.29 is 9.59 Å². The van der Waals surface area contributed by atoms with Crippen LogP contribution in [-0.2, 0) is 9.59 Å². The van der Waals surface area contributed by atoms with E-state index in [0.717, 1.165) is 12.8 Å². The maximum absolute atomic E-state index is 11.7. The predicted molar refractivity (Wildman–Crippen MR) is 59.8 cm³/mol. The fourth-order valence-corrected chi connectivity index (χ4v) is 2.56. The van der Waals surface area contributed by atoms with Gasteiger partial charge >= 0.3 is 0 Å². The monoisotopic (exact) mass is 225 g/mol. The van der Waals surface area contributed by atoms with Crippen LogP contribution in [0.1, 0.15) is 32.1 Å². The van der Waals surface area contributed by atoms with Crippen molar-refractivity contribution in [3.05, 3.63) is 0 Å². The maximum Gasteiger partial charge on any atom is 0.237 e. The molecular formula is C11H19N3O2. The first kappa shape index (κ1) is 11.4. The summed E-state index contributed by atoms with van der Waals surface area (Å²) in [6.07, 6.45) is 4.76. The Labute approximate surface area is 95.3 Å². The van der Waals surface area contributed by atoms with Crippen LogP contribution in [0.5, 0.6) is 0 Å². The van der Waals surface area contributed by atoms with E-state index in [0.29, 0.717) is 6.04 Å². The molecule has 2 fully saturated rings. The van der Waals surface area contributed by atoms with E-state index in [4.69, 9.17) is 0 Å². The molecule has 0 unspecified atom stereocenters. The molecule has 16 heavy (non-hydrogen) atoms. The fourth-order valence-electron chi connectivity index (χ4n) is 2.56. The van der Waals surface area contributed by atoms with Crippen LogP contribution in [0.25, 0.3) is 0 Å². The average Bonchev–Trinajstić information content (AvgIpc) is 2.30. The van der Waals surface area contributed by atoms with Crippen molar-refractivity contribution in [3.63, 3.8) is 0 Å². The standard InChI is InChI=1S/C11H19N3O2/c1-12-10(15)6-9-11(16)14-8-5-3-2-4-7(8)13-9/h7-9,13H,2-6H2,1H3,(H,12,15)(H,14,16)/t7-,8-,9+/m0/s1. The first-order valence-corrected chi connectivity index (χ1v) is 5.97. The molecule has 3 atom stereocenters. The number of rotatable bonds is 2. The first-order valence-electron chi connectivity index (χ1n) is 5.97. The highest BCUT2D eigenvalue weighted by Gasteiger charge is 2.36. The summed E-state index contributed by atoms with van der Waals surface area (Å²) in [4.78, 5) is 23.0. The zero-order valence-corrected chi connectivity index (χ0v) is 9.58. The van der Waals surface area contributed by atoms with Gasteiger partial charge in [-0.1, -0.05) is 12.8 Å². The lowest BCUT2D eigenvalue weighted by Crippen LogP contribution is -2.65. The Hall–Kier alpha value is -1.10. The molecule has 1 heterocycles. The maximum atomic E-state index is 11.7. The summed E-state index contributed by atoms with van der Waals surface area (Å²) < 4.78 is 0. The summed E-state index contributed by atoms with van der Waals surface area (Å²) in [5, 5.41) is 8.86. The lowest BCUT2D eigenvalue weighted by atomic mass is 9.87. The molecule has 90 valence electrons. The highest BCUT2D eigenvalue weighted by atomic mass is 16.2. The molecule has 1 aliphatic heterocycles. The number of piperazine rings is 1. The number of amides is 2. The molecule has 2 aliphatic rings. The molecule has 0 aromatic carbocycles. The molecule has 0 aromatic rings. The van der Waals surface area contributed by atoms with Crippen molar-refractivity contribution in [1.82, 2.24) is 16.0 Å². The van der Waals surface area contributed by atoms with Crippen LogP contribution in [0.15, 0.2) is 0 Å². The molecule has 1 saturated heterocycles. The molecule has 0 aromatic heterocycles. The van der Waals surface area contributed by atoms with Gasteiger partial charge in [-0.2, -0.15) is 0 Å². The van der Waals surface area contributed by atoms with Crippen molar-refractivity contribution in [3.8, 4) is 0 Å². The second-order valence-corrected chi connectivity index (χ2v) is 4.60. The molecule has 2 amide bonds. The predicted octanol–water partition coefficient (Wildman–Crippen LogP) is -0.478. The van der Waals surface area contributed by atoms with Gasteiger partial charge in [-0.3, -0.25) is 9.59 Å². The number of fused-ring (bicyclic) bond motifs is 1. The number of hydrogen-bond acceptors (Lipinski definition) is 3. The average molecular weight is 225 g/mol. The van der Waals surface area contributed by atoms with E-state index in [2.05, 4.69) is 16.0 Å². The summed E-state index contributed by atoms with van der Waals surface area (Å²) in [6.45, 7) is 0. The molecule has 5 heteroatoms. The normalized spacial score (nSPS) is 33.8. The van der Waals surface area contributed by atoms with Crippen LogP contribution in [0.4, 0.5) is 0 Å². The smallest absolute Gasteiger partial charge is 0.237 e. The molecule has 0 bridgehead atoms. The number of carbonyl (C=O) groups excluding carboxylic acids is 2. The lowest BCUT2D eigenvalue weighted by Gasteiger charge is -2.40. The zero-order valence-electron chi connectivity index (χ0n) is 9.58. The number of hydrogen-bond donors (Lipinski definition) is 3. The molecule has 1 aliphatic carbocycles. The fraction of sp³-hybridized carbons (Fsp3) is 0.818. The molecular weight excluding hydrogens is 206 g/mol. The minimum Gasteiger partial charge on any atom is -0.359 e. The largest absolute Gasteiger partial charge is 0.359 e. The highest BCUT2D eigenvalue weighted by Crippen LogP contribution is 2.22. The minimum absolute atomic E-state index is 0.0354. The van der Waals surface area contributed by atoms with E-state index in [1.165, 1.54) is 12.8 Å². The van der Waals surface area contributed by atoms with Gasteiger partial charge in [0.1, 0.15) is 0 Å². The van der Waals surface area contributed by atoms with Gasteiger partial charge in [0.05, 0.1) is 12.5 Å². The van der Waals surface area contributed by atoms with Crippen molar-refractivity contribution in [2.75, 3.05) is 7.05 Å². The molecule has 2 rings (SSSR count). The van der Waals surface area contributed by atoms with E-state index in [1.54, 1.807) is 7.05 Å². The van der Waals surface area contributed by atoms with Crippen LogP contribution in [0, 0.1) is 0 Å². The summed E-state index contributed by atoms with van der Waals surface area (Å²) in [5.74, 6) is -0.131. The van der Waals surface area contributed by atoms with E-state index in [9.17, 15) is 9.59 Å². The third-order valence-electron chi connectivity index (χ3n) is 3.49. The van der Waals surface area contributed by atoms with Gasteiger partial charge in [-0.25, -0.2) is 0 Å². The van der Waals surface area contributed by atoms with Gasteiger partial charge in [0.15, 0.2) is 0 Å². The molecule has 0 radical (unpaired) electrons. The number of carbonyl (C=O) groups is 2. The van der Waals surface area contributed by atoms with E-state index >= 15 is 0 Å². The lowest BCUT2D eigenvalue weighted by molar-refractivity contribution is -0.131. The Morgan fingerprint density at radius 1 is 1.38 bits per heavy atom. The Balaban J connectivity index is 1.95. The van der Waals surface area contributed by atoms with Gasteiger partial charge in [-0.05, 0) is 12.8 Å². The third kappa shape index (κ3) is 2.35. The Morgan fingerprint density at radius 2 is 2.06 bits per heavy atom. The Kier molecular flexibility index (Phi) is 3.43. The topological polar surface area (TPSA) is 70.2 Å². The van der Waals surface area contributed by atoms with Gasteiger partial charge in [0, 0.05) is 19.1 Å². The summed E-state index contributed by atoms with van der Waals surface area (Å²) >= 11 is 0. The quantitative estimate of drug-likeness (QED) is 0.594. The van der Waals surface area contributed by atoms with Crippen molar-refractivity contribution >= 4 is 11.8 Å². The molecule has 0 spiro atoms. The van der Waals surface area contributed by atoms with E-state index < -0.39 is 0 Å². The second kappa shape index (κ2) is 4.82. The minimum atomic E-state index is -0.362. The van der Waals surface area contributed by atoms with Crippen molar-refractivity contribution in [2.45, 2.75) is 50.2 Å². The van der Waals surface area contributed by atoms with Crippen LogP contribution in [-0.4, -0.2) is 37.0 Å². The summed E-state index contributed by atoms with van der Waals surface area (Å²) in [7, 11) is 1.59. The van der Waals surface area contributed by atoms with Gasteiger partial charge in [0.2, 0.25) is 11.8 Å². The second-order valence-electron chi connectivity index (χ2n) is 4.60. The Morgan fingerprint density at radius 3 is 2.75 bits per heavy atom. The zero-order chi connectivity index (χ0) is 11.5. The van der Waals surface area contributed by atoms with Crippen molar-refractivity contribution in [2.24, 2.45) is 0 Å². The van der Waals surface area contributed by atoms with Crippen LogP contribution in [0.3, 0.4) is 0 Å². The van der Waals surface area contributed by atoms with Crippen LogP contribution < -0.4 is 16.0 Å². The van der Waals surface area contributed by atoms with Gasteiger partial charge < -0.3 is 16.0 Å². The summed E-state index contributed by atoms with van der Waals surface area (Å²) in [5.41, 5.74) is 0. The Bertz CT molecular complexity index is 293. The first-order chi connectivity index (χ1) is 7.70. The van der Waals surface area contributed by atoms with Gasteiger partial charge in [-0.15, -0.1) is 0 Å². The van der Waals surface area contributed by atoms with Crippen LogP contribution in [0.2, 0.25) is 0 Å². The van der Waals surface area contributed by atoms with Crippen LogP contribution >= 0.6 is 0 Å². The summed E-state index contributed by atoms with van der Waals surface area (Å²) in [6, 6.07) is 0.252. The third-order valence-corrected chi connectivity index (χ3v) is 3.49. The van der Waals surface area contributed by atoms with Gasteiger partial charge in [0.25, 0.3) is 0 Å². The highest BCUT2D eigenvalue weighted by molar-refractivity contribution is 5.89. The molecule has 3 N–H and O–H groups in total. The molecule has 1 saturated carbocycles. The van der Waals surface area contributed by atoms with Crippen molar-refractivity contribution in [1.29, 1.82) is 0 Å². The number of nitrogens with one attached hydrogen (secondary N) is 3. The van der Waals surface area contributed by atoms with E-state index in [-0.39, 0.29) is 30.3 Å². The molecule has 5 nitrogen and oxygen atoms in total. The SMILES string of the molecule is CNC(=O)C[C@H]1N[C@H]2CCCC[C@@H]2NC1=O.